The van der Waals surface area contributed by atoms with Crippen LogP contribution in [-0.4, -0.2) is 10.8 Å². The first-order valence-electron chi connectivity index (χ1n) is 6.80. The van der Waals surface area contributed by atoms with Crippen LogP contribution in [-0.2, 0) is 6.61 Å². The highest BCUT2D eigenvalue weighted by Crippen LogP contribution is 2.23. The van der Waals surface area contributed by atoms with Crippen molar-refractivity contribution in [3.8, 4) is 5.75 Å². The van der Waals surface area contributed by atoms with Gasteiger partial charge in [0.05, 0.1) is 5.52 Å². The minimum atomic E-state index is 0.0302. The average Bonchev–Trinajstić information content (AvgIpc) is 2.53. The smallest absolute Gasteiger partial charge is 0.160 e. The summed E-state index contributed by atoms with van der Waals surface area (Å²) in [5.74, 6) is 0.768. The molecular weight excluding hydrogens is 262 g/mol. The first kappa shape index (κ1) is 13.3. The highest BCUT2D eigenvalue weighted by atomic mass is 16.5. The second kappa shape index (κ2) is 5.75. The molecule has 3 nitrogen and oxygen atoms in total. The summed E-state index contributed by atoms with van der Waals surface area (Å²) in [6.45, 7) is 2.06. The van der Waals surface area contributed by atoms with E-state index in [1.54, 1.807) is 19.2 Å². The lowest BCUT2D eigenvalue weighted by Crippen LogP contribution is -1.97. The maximum atomic E-state index is 11.7. The fourth-order valence-corrected chi connectivity index (χ4v) is 2.26. The van der Waals surface area contributed by atoms with Crippen LogP contribution in [0.3, 0.4) is 0 Å². The van der Waals surface area contributed by atoms with Gasteiger partial charge in [-0.25, -0.2) is 0 Å². The first-order chi connectivity index (χ1) is 10.2. The SMILES string of the molecule is CC(=O)c1ccnc2ccc(OCc3ccccc3)cc12. The van der Waals surface area contributed by atoms with E-state index in [1.807, 2.05) is 48.5 Å². The van der Waals surface area contributed by atoms with E-state index in [9.17, 15) is 4.79 Å². The lowest BCUT2D eigenvalue weighted by molar-refractivity contribution is 0.101. The Morgan fingerprint density at radius 2 is 1.90 bits per heavy atom. The molecule has 0 bridgehead atoms. The van der Waals surface area contributed by atoms with Crippen LogP contribution >= 0.6 is 0 Å². The molecule has 0 saturated heterocycles. The van der Waals surface area contributed by atoms with Gasteiger partial charge in [0, 0.05) is 17.1 Å². The Morgan fingerprint density at radius 3 is 2.67 bits per heavy atom. The lowest BCUT2D eigenvalue weighted by atomic mass is 10.1. The largest absolute Gasteiger partial charge is 0.489 e. The van der Waals surface area contributed by atoms with Crippen LogP contribution in [0.25, 0.3) is 10.9 Å². The molecular formula is C18H15NO2. The van der Waals surface area contributed by atoms with Crippen LogP contribution in [0.1, 0.15) is 22.8 Å². The topological polar surface area (TPSA) is 39.2 Å². The summed E-state index contributed by atoms with van der Waals surface area (Å²) in [7, 11) is 0. The molecule has 0 aliphatic rings. The Hall–Kier alpha value is -2.68. The minimum absolute atomic E-state index is 0.0302. The predicted octanol–water partition coefficient (Wildman–Crippen LogP) is 4.02. The van der Waals surface area contributed by atoms with Crippen LogP contribution in [0.2, 0.25) is 0 Å². The van der Waals surface area contributed by atoms with E-state index in [0.717, 1.165) is 22.2 Å². The molecule has 3 rings (SSSR count). The number of Topliss-reactive ketones (excluding diaryl/α,β-unsaturated/α-hetero) is 1. The summed E-state index contributed by atoms with van der Waals surface area (Å²) < 4.78 is 5.80. The number of nitrogens with zero attached hydrogens (tertiary/aromatic N) is 1. The molecule has 0 amide bonds. The van der Waals surface area contributed by atoms with Gasteiger partial charge in [-0.05, 0) is 36.8 Å². The van der Waals surface area contributed by atoms with Crippen molar-refractivity contribution in [2.24, 2.45) is 0 Å². The van der Waals surface area contributed by atoms with E-state index in [2.05, 4.69) is 4.98 Å². The van der Waals surface area contributed by atoms with E-state index >= 15 is 0 Å². The Bertz CT molecular complexity index is 782. The van der Waals surface area contributed by atoms with Gasteiger partial charge in [0.2, 0.25) is 0 Å². The van der Waals surface area contributed by atoms with Crippen LogP contribution in [0.4, 0.5) is 0 Å². The highest BCUT2D eigenvalue weighted by molar-refractivity contribution is 6.06. The van der Waals surface area contributed by atoms with E-state index < -0.39 is 0 Å². The second-order valence-electron chi connectivity index (χ2n) is 4.87. The monoisotopic (exact) mass is 277 g/mol. The molecule has 0 unspecified atom stereocenters. The van der Waals surface area contributed by atoms with Gasteiger partial charge in [-0.3, -0.25) is 9.78 Å². The number of pyridine rings is 1. The zero-order chi connectivity index (χ0) is 14.7. The molecule has 0 aliphatic carbocycles. The molecule has 0 radical (unpaired) electrons. The highest BCUT2D eigenvalue weighted by Gasteiger charge is 2.07. The fourth-order valence-electron chi connectivity index (χ4n) is 2.26. The second-order valence-corrected chi connectivity index (χ2v) is 4.87. The van der Waals surface area contributed by atoms with Crippen LogP contribution in [0, 0.1) is 0 Å². The predicted molar refractivity (Wildman–Crippen MR) is 82.5 cm³/mol. The minimum Gasteiger partial charge on any atom is -0.489 e. The van der Waals surface area contributed by atoms with Gasteiger partial charge in [-0.1, -0.05) is 30.3 Å². The third-order valence-electron chi connectivity index (χ3n) is 3.34. The zero-order valence-electron chi connectivity index (χ0n) is 11.7. The molecule has 2 aromatic carbocycles. The summed E-state index contributed by atoms with van der Waals surface area (Å²) >= 11 is 0. The van der Waals surface area contributed by atoms with Gasteiger partial charge in [0.1, 0.15) is 12.4 Å². The number of rotatable bonds is 4. The molecule has 0 spiro atoms. The van der Waals surface area contributed by atoms with Gasteiger partial charge >= 0.3 is 0 Å². The molecule has 0 fully saturated rings. The van der Waals surface area contributed by atoms with E-state index in [4.69, 9.17) is 4.74 Å². The zero-order valence-corrected chi connectivity index (χ0v) is 11.7. The number of hydrogen-bond acceptors (Lipinski definition) is 3. The Kier molecular flexibility index (Phi) is 3.65. The molecule has 1 heterocycles. The molecule has 3 aromatic rings. The molecule has 0 saturated carbocycles. The number of ketones is 1. The fraction of sp³-hybridized carbons (Fsp3) is 0.111. The molecule has 0 N–H and O–H groups in total. The molecule has 21 heavy (non-hydrogen) atoms. The van der Waals surface area contributed by atoms with Gasteiger partial charge < -0.3 is 4.74 Å². The van der Waals surface area contributed by atoms with Crippen LogP contribution < -0.4 is 4.74 Å². The molecule has 0 aliphatic heterocycles. The Morgan fingerprint density at radius 1 is 1.10 bits per heavy atom. The van der Waals surface area contributed by atoms with Gasteiger partial charge in [0.25, 0.3) is 0 Å². The Labute approximate surface area is 123 Å². The van der Waals surface area contributed by atoms with Crippen LogP contribution in [0.15, 0.2) is 60.8 Å². The van der Waals surface area contributed by atoms with Crippen molar-refractivity contribution < 1.29 is 9.53 Å². The maximum Gasteiger partial charge on any atom is 0.160 e. The van der Waals surface area contributed by atoms with Gasteiger partial charge in [-0.15, -0.1) is 0 Å². The molecule has 0 atom stereocenters. The summed E-state index contributed by atoms with van der Waals surface area (Å²) in [4.78, 5) is 16.0. The third-order valence-corrected chi connectivity index (χ3v) is 3.34. The first-order valence-corrected chi connectivity index (χ1v) is 6.80. The number of benzene rings is 2. The number of carbonyl (C=O) groups is 1. The Balaban J connectivity index is 1.90. The van der Waals surface area contributed by atoms with Crippen LogP contribution in [0.5, 0.6) is 5.75 Å². The van der Waals surface area contributed by atoms with Gasteiger partial charge in [-0.2, -0.15) is 0 Å². The summed E-state index contributed by atoms with van der Waals surface area (Å²) in [5, 5.41) is 0.829. The van der Waals surface area contributed by atoms with Crippen molar-refractivity contribution >= 4 is 16.7 Å². The third kappa shape index (κ3) is 2.92. The van der Waals surface area contributed by atoms with Crippen molar-refractivity contribution in [1.82, 2.24) is 4.98 Å². The van der Waals surface area contributed by atoms with Crippen molar-refractivity contribution in [3.63, 3.8) is 0 Å². The van der Waals surface area contributed by atoms with E-state index in [0.29, 0.717) is 12.2 Å². The lowest BCUT2D eigenvalue weighted by Gasteiger charge is -2.08. The number of carbonyl (C=O) groups excluding carboxylic acids is 1. The van der Waals surface area contributed by atoms with Crippen molar-refractivity contribution in [1.29, 1.82) is 0 Å². The number of aromatic nitrogens is 1. The molecule has 1 aromatic heterocycles. The van der Waals surface area contributed by atoms with Crippen molar-refractivity contribution in [2.75, 3.05) is 0 Å². The summed E-state index contributed by atoms with van der Waals surface area (Å²) in [6.07, 6.45) is 1.66. The molecule has 3 heteroatoms. The number of fused-ring (bicyclic) bond motifs is 1. The molecule has 104 valence electrons. The van der Waals surface area contributed by atoms with Crippen molar-refractivity contribution in [2.45, 2.75) is 13.5 Å². The quantitative estimate of drug-likeness (QED) is 0.676. The van der Waals surface area contributed by atoms with E-state index in [-0.39, 0.29) is 5.78 Å². The number of hydrogen-bond donors (Lipinski definition) is 0. The van der Waals surface area contributed by atoms with E-state index in [1.165, 1.54) is 0 Å². The normalized spacial score (nSPS) is 10.5. The summed E-state index contributed by atoms with van der Waals surface area (Å²) in [6, 6.07) is 17.4. The van der Waals surface area contributed by atoms with Gasteiger partial charge in [0.15, 0.2) is 5.78 Å². The maximum absolute atomic E-state index is 11.7. The van der Waals surface area contributed by atoms with Crippen molar-refractivity contribution in [3.05, 3.63) is 71.9 Å². The number of ether oxygens (including phenoxy) is 1. The average molecular weight is 277 g/mol. The standard InChI is InChI=1S/C18H15NO2/c1-13(20)16-9-10-19-18-8-7-15(11-17(16)18)21-12-14-5-3-2-4-6-14/h2-11H,12H2,1H3. The summed E-state index contributed by atoms with van der Waals surface area (Å²) in [5.41, 5.74) is 2.58.